The lowest BCUT2D eigenvalue weighted by Gasteiger charge is -2.28. The fraction of sp³-hybridized carbons (Fsp3) is 0.625. The van der Waals surface area contributed by atoms with E-state index in [1.54, 1.807) is 19.1 Å². The number of halogens is 2. The highest BCUT2D eigenvalue weighted by Crippen LogP contribution is 2.22. The smallest absolute Gasteiger partial charge is 0.387 e. The summed E-state index contributed by atoms with van der Waals surface area (Å²) in [7, 11) is 0. The first-order chi connectivity index (χ1) is 9.69. The van der Waals surface area contributed by atoms with E-state index in [-0.39, 0.29) is 11.8 Å². The van der Waals surface area contributed by atoms with Gasteiger partial charge in [-0.05, 0) is 43.9 Å². The Kier molecular flexibility index (Phi) is 6.55. The molecule has 0 fully saturated rings. The van der Waals surface area contributed by atoms with Crippen LogP contribution in [0.1, 0.15) is 45.7 Å². The monoisotopic (exact) mass is 301 g/mol. The molecule has 2 unspecified atom stereocenters. The molecule has 21 heavy (non-hydrogen) atoms. The van der Waals surface area contributed by atoms with Crippen molar-refractivity contribution in [3.8, 4) is 5.75 Å². The highest BCUT2D eigenvalue weighted by Gasteiger charge is 2.22. The molecule has 0 aliphatic rings. The van der Waals surface area contributed by atoms with Crippen LogP contribution in [-0.4, -0.2) is 23.9 Å². The quantitative estimate of drug-likeness (QED) is 0.768. The number of benzene rings is 1. The summed E-state index contributed by atoms with van der Waals surface area (Å²) < 4.78 is 28.8. The van der Waals surface area contributed by atoms with Gasteiger partial charge in [-0.25, -0.2) is 0 Å². The minimum Gasteiger partial charge on any atom is -0.435 e. The van der Waals surface area contributed by atoms with Crippen LogP contribution in [0.15, 0.2) is 24.3 Å². The average Bonchev–Trinajstić information content (AvgIpc) is 2.34. The van der Waals surface area contributed by atoms with E-state index in [2.05, 4.69) is 23.9 Å². The van der Waals surface area contributed by atoms with Gasteiger partial charge < -0.3 is 15.2 Å². The van der Waals surface area contributed by atoms with Gasteiger partial charge in [-0.3, -0.25) is 0 Å². The zero-order chi connectivity index (χ0) is 16.0. The molecular formula is C16H25F2NO2. The maximum Gasteiger partial charge on any atom is 0.387 e. The lowest BCUT2D eigenvalue weighted by Crippen LogP contribution is -2.39. The summed E-state index contributed by atoms with van der Waals surface area (Å²) in [5.41, 5.74) is 0.0490. The average molecular weight is 301 g/mol. The minimum absolute atomic E-state index is 0.0649. The van der Waals surface area contributed by atoms with Gasteiger partial charge in [-0.2, -0.15) is 8.78 Å². The Morgan fingerprint density at radius 1 is 1.29 bits per heavy atom. The zero-order valence-electron chi connectivity index (χ0n) is 13.1. The van der Waals surface area contributed by atoms with Crippen LogP contribution in [0.4, 0.5) is 8.78 Å². The van der Waals surface area contributed by atoms with E-state index < -0.39 is 12.2 Å². The lowest BCUT2D eigenvalue weighted by atomic mass is 9.94. The largest absolute Gasteiger partial charge is 0.435 e. The predicted molar refractivity (Wildman–Crippen MR) is 79.6 cm³/mol. The number of rotatable bonds is 8. The Hall–Kier alpha value is -1.20. The standard InChI is InChI=1S/C16H25F2NO2/c1-11(2)9-16(4,20)10-19-12(3)13-6-5-7-14(8-13)21-15(17)18/h5-8,11-12,15,19-20H,9-10H2,1-4H3. The molecule has 1 aromatic carbocycles. The first-order valence-corrected chi connectivity index (χ1v) is 7.20. The number of hydrogen-bond acceptors (Lipinski definition) is 3. The molecule has 5 heteroatoms. The van der Waals surface area contributed by atoms with Crippen LogP contribution in [0.25, 0.3) is 0 Å². The van der Waals surface area contributed by atoms with E-state index in [1.165, 1.54) is 6.07 Å². The molecule has 120 valence electrons. The summed E-state index contributed by atoms with van der Waals surface area (Å²) in [5.74, 6) is 0.546. The fourth-order valence-electron chi connectivity index (χ4n) is 2.40. The van der Waals surface area contributed by atoms with Crippen LogP contribution in [-0.2, 0) is 0 Å². The Labute approximate surface area is 125 Å². The first kappa shape index (κ1) is 17.9. The summed E-state index contributed by atoms with van der Waals surface area (Å²) in [6.07, 6.45) is 0.696. The van der Waals surface area contributed by atoms with Crippen molar-refractivity contribution >= 4 is 0 Å². The van der Waals surface area contributed by atoms with Crippen molar-refractivity contribution in [1.29, 1.82) is 0 Å². The lowest BCUT2D eigenvalue weighted by molar-refractivity contribution is -0.0499. The van der Waals surface area contributed by atoms with E-state index >= 15 is 0 Å². The molecular weight excluding hydrogens is 276 g/mol. The zero-order valence-corrected chi connectivity index (χ0v) is 13.1. The van der Waals surface area contributed by atoms with Gasteiger partial charge in [0, 0.05) is 12.6 Å². The minimum atomic E-state index is -2.82. The van der Waals surface area contributed by atoms with Crippen molar-refractivity contribution in [1.82, 2.24) is 5.32 Å². The van der Waals surface area contributed by atoms with Crippen LogP contribution in [0, 0.1) is 5.92 Å². The Balaban J connectivity index is 2.61. The Bertz CT molecular complexity index is 436. The highest BCUT2D eigenvalue weighted by molar-refractivity contribution is 5.30. The molecule has 0 heterocycles. The molecule has 0 radical (unpaired) electrons. The van der Waals surface area contributed by atoms with Crippen molar-refractivity contribution in [3.63, 3.8) is 0 Å². The summed E-state index contributed by atoms with van der Waals surface area (Å²) in [4.78, 5) is 0. The molecule has 1 aromatic rings. The van der Waals surface area contributed by atoms with E-state index in [1.807, 2.05) is 13.0 Å². The molecule has 2 N–H and O–H groups in total. The molecule has 0 bridgehead atoms. The molecule has 3 nitrogen and oxygen atoms in total. The molecule has 0 aliphatic carbocycles. The molecule has 2 atom stereocenters. The number of nitrogens with one attached hydrogen (secondary N) is 1. The number of hydrogen-bond donors (Lipinski definition) is 2. The van der Waals surface area contributed by atoms with Crippen molar-refractivity contribution < 1.29 is 18.6 Å². The predicted octanol–water partition coefficient (Wildman–Crippen LogP) is 3.74. The van der Waals surface area contributed by atoms with Gasteiger partial charge in [0.15, 0.2) is 0 Å². The van der Waals surface area contributed by atoms with E-state index in [9.17, 15) is 13.9 Å². The van der Waals surface area contributed by atoms with Gasteiger partial charge in [0.2, 0.25) is 0 Å². The first-order valence-electron chi connectivity index (χ1n) is 7.20. The molecule has 0 aromatic heterocycles. The Morgan fingerprint density at radius 3 is 2.52 bits per heavy atom. The maximum absolute atomic E-state index is 12.2. The fourth-order valence-corrected chi connectivity index (χ4v) is 2.40. The second-order valence-electron chi connectivity index (χ2n) is 6.15. The van der Waals surface area contributed by atoms with Crippen LogP contribution < -0.4 is 10.1 Å². The molecule has 0 saturated heterocycles. The third kappa shape index (κ3) is 6.87. The van der Waals surface area contributed by atoms with Crippen molar-refractivity contribution in [3.05, 3.63) is 29.8 Å². The van der Waals surface area contributed by atoms with Gasteiger partial charge in [-0.15, -0.1) is 0 Å². The molecule has 0 spiro atoms. The van der Waals surface area contributed by atoms with Gasteiger partial charge in [0.1, 0.15) is 5.75 Å². The number of alkyl halides is 2. The van der Waals surface area contributed by atoms with E-state index in [0.29, 0.717) is 18.9 Å². The van der Waals surface area contributed by atoms with Gasteiger partial charge in [0.25, 0.3) is 0 Å². The van der Waals surface area contributed by atoms with E-state index in [0.717, 1.165) is 5.56 Å². The molecule has 0 amide bonds. The second-order valence-corrected chi connectivity index (χ2v) is 6.15. The third-order valence-electron chi connectivity index (χ3n) is 3.22. The highest BCUT2D eigenvalue weighted by atomic mass is 19.3. The van der Waals surface area contributed by atoms with Gasteiger partial charge >= 0.3 is 6.61 Å². The SMILES string of the molecule is CC(C)CC(C)(O)CNC(C)c1cccc(OC(F)F)c1. The van der Waals surface area contributed by atoms with Crippen LogP contribution >= 0.6 is 0 Å². The van der Waals surface area contributed by atoms with Crippen LogP contribution in [0.2, 0.25) is 0 Å². The number of ether oxygens (including phenoxy) is 1. The topological polar surface area (TPSA) is 41.5 Å². The van der Waals surface area contributed by atoms with Gasteiger partial charge in [0.05, 0.1) is 5.60 Å². The molecule has 0 saturated carbocycles. The van der Waals surface area contributed by atoms with Crippen LogP contribution in [0.5, 0.6) is 5.75 Å². The molecule has 1 rings (SSSR count). The summed E-state index contributed by atoms with van der Waals surface area (Å²) >= 11 is 0. The molecule has 0 aliphatic heterocycles. The second kappa shape index (κ2) is 7.71. The van der Waals surface area contributed by atoms with Crippen molar-refractivity contribution in [2.45, 2.75) is 52.4 Å². The van der Waals surface area contributed by atoms with Crippen molar-refractivity contribution in [2.24, 2.45) is 5.92 Å². The summed E-state index contributed by atoms with van der Waals surface area (Å²) in [6.45, 7) is 5.45. The summed E-state index contributed by atoms with van der Waals surface area (Å²) in [6, 6.07) is 6.54. The Morgan fingerprint density at radius 2 is 1.95 bits per heavy atom. The normalized spacial score (nSPS) is 16.0. The summed E-state index contributed by atoms with van der Waals surface area (Å²) in [5, 5.41) is 13.5. The van der Waals surface area contributed by atoms with Crippen molar-refractivity contribution in [2.75, 3.05) is 6.54 Å². The van der Waals surface area contributed by atoms with Gasteiger partial charge in [-0.1, -0.05) is 26.0 Å². The third-order valence-corrected chi connectivity index (χ3v) is 3.22. The van der Waals surface area contributed by atoms with E-state index in [4.69, 9.17) is 0 Å². The maximum atomic E-state index is 12.2. The van der Waals surface area contributed by atoms with Crippen LogP contribution in [0.3, 0.4) is 0 Å². The number of aliphatic hydroxyl groups is 1.